The van der Waals surface area contributed by atoms with Gasteiger partial charge in [-0.1, -0.05) is 0 Å². The zero-order valence-corrected chi connectivity index (χ0v) is 9.75. The molecule has 7 heteroatoms. The SMILES string of the molecule is C[C@H]1NCCC[C@H]1C(=O)NCC(F)(F)F.Cl. The fourth-order valence-corrected chi connectivity index (χ4v) is 1.72. The first-order valence-corrected chi connectivity index (χ1v) is 4.98. The highest BCUT2D eigenvalue weighted by molar-refractivity contribution is 5.85. The number of nitrogens with one attached hydrogen (secondary N) is 2. The van der Waals surface area contributed by atoms with Gasteiger partial charge in [-0.3, -0.25) is 4.79 Å². The molecule has 0 radical (unpaired) electrons. The number of piperidine rings is 1. The third kappa shape index (κ3) is 5.03. The van der Waals surface area contributed by atoms with Gasteiger partial charge < -0.3 is 10.6 Å². The number of hydrogen-bond donors (Lipinski definition) is 2. The molecule has 0 unspecified atom stereocenters. The molecule has 1 aliphatic rings. The van der Waals surface area contributed by atoms with Gasteiger partial charge >= 0.3 is 6.18 Å². The van der Waals surface area contributed by atoms with E-state index in [0.29, 0.717) is 6.42 Å². The van der Waals surface area contributed by atoms with Crippen molar-refractivity contribution in [3.8, 4) is 0 Å². The van der Waals surface area contributed by atoms with Crippen LogP contribution in [-0.4, -0.2) is 31.2 Å². The fraction of sp³-hybridized carbons (Fsp3) is 0.889. The van der Waals surface area contributed by atoms with E-state index in [1.807, 2.05) is 12.2 Å². The average molecular weight is 261 g/mol. The standard InChI is InChI=1S/C9H15F3N2O.ClH/c1-6-7(3-2-4-13-6)8(15)14-5-9(10,11)12;/h6-7,13H,2-5H2,1H3,(H,14,15);1H/t6-,7-;/m1./s1. The summed E-state index contributed by atoms with van der Waals surface area (Å²) in [5.41, 5.74) is 0. The van der Waals surface area contributed by atoms with Crippen LogP contribution in [-0.2, 0) is 4.79 Å². The van der Waals surface area contributed by atoms with Crippen molar-refractivity contribution in [2.45, 2.75) is 32.0 Å². The molecule has 0 aromatic heterocycles. The number of amides is 1. The molecule has 0 bridgehead atoms. The molecule has 1 heterocycles. The molecule has 3 nitrogen and oxygen atoms in total. The van der Waals surface area contributed by atoms with Crippen molar-refractivity contribution in [2.24, 2.45) is 5.92 Å². The molecular formula is C9H16ClF3N2O. The highest BCUT2D eigenvalue weighted by atomic mass is 35.5. The summed E-state index contributed by atoms with van der Waals surface area (Å²) in [5.74, 6) is -0.854. The van der Waals surface area contributed by atoms with Gasteiger partial charge in [-0.15, -0.1) is 12.4 Å². The Morgan fingerprint density at radius 2 is 2.12 bits per heavy atom. The Morgan fingerprint density at radius 1 is 1.50 bits per heavy atom. The van der Waals surface area contributed by atoms with Crippen LogP contribution in [0.25, 0.3) is 0 Å². The quantitative estimate of drug-likeness (QED) is 0.790. The van der Waals surface area contributed by atoms with Crippen molar-refractivity contribution in [1.82, 2.24) is 10.6 Å². The smallest absolute Gasteiger partial charge is 0.347 e. The van der Waals surface area contributed by atoms with Crippen LogP contribution >= 0.6 is 12.4 Å². The highest BCUT2D eigenvalue weighted by Gasteiger charge is 2.32. The number of carbonyl (C=O) groups is 1. The van der Waals surface area contributed by atoms with E-state index in [-0.39, 0.29) is 24.4 Å². The molecular weight excluding hydrogens is 245 g/mol. The number of alkyl halides is 3. The van der Waals surface area contributed by atoms with E-state index >= 15 is 0 Å². The maximum Gasteiger partial charge on any atom is 0.405 e. The second-order valence-corrected chi connectivity index (χ2v) is 3.82. The summed E-state index contributed by atoms with van der Waals surface area (Å²) in [4.78, 5) is 11.4. The Morgan fingerprint density at radius 3 is 2.62 bits per heavy atom. The van der Waals surface area contributed by atoms with Crippen LogP contribution in [0, 0.1) is 5.92 Å². The van der Waals surface area contributed by atoms with Gasteiger partial charge in [0.05, 0.1) is 5.92 Å². The van der Waals surface area contributed by atoms with Gasteiger partial charge in [-0.05, 0) is 26.3 Å². The highest BCUT2D eigenvalue weighted by Crippen LogP contribution is 2.17. The van der Waals surface area contributed by atoms with Crippen LogP contribution in [0.2, 0.25) is 0 Å². The van der Waals surface area contributed by atoms with Gasteiger partial charge in [-0.25, -0.2) is 0 Å². The van der Waals surface area contributed by atoms with Gasteiger partial charge in [0, 0.05) is 6.04 Å². The molecule has 1 aliphatic heterocycles. The third-order valence-electron chi connectivity index (χ3n) is 2.56. The van der Waals surface area contributed by atoms with Gasteiger partial charge in [-0.2, -0.15) is 13.2 Å². The molecule has 96 valence electrons. The Balaban J connectivity index is 0.00000225. The first-order valence-electron chi connectivity index (χ1n) is 4.98. The van der Waals surface area contributed by atoms with E-state index in [2.05, 4.69) is 5.32 Å². The average Bonchev–Trinajstić information content (AvgIpc) is 2.14. The number of rotatable bonds is 2. The molecule has 1 fully saturated rings. The molecule has 0 aliphatic carbocycles. The number of hydrogen-bond acceptors (Lipinski definition) is 2. The summed E-state index contributed by atoms with van der Waals surface area (Å²) in [5, 5.41) is 4.99. The molecule has 1 amide bonds. The lowest BCUT2D eigenvalue weighted by molar-refractivity contribution is -0.141. The molecule has 0 saturated carbocycles. The lowest BCUT2D eigenvalue weighted by atomic mass is 9.91. The first kappa shape index (κ1) is 15.5. The molecule has 2 atom stereocenters. The Kier molecular flexibility index (Phi) is 6.10. The van der Waals surface area contributed by atoms with Gasteiger partial charge in [0.25, 0.3) is 0 Å². The minimum Gasteiger partial charge on any atom is -0.347 e. The maximum atomic E-state index is 11.8. The Labute approximate surface area is 98.6 Å². The summed E-state index contributed by atoms with van der Waals surface area (Å²) < 4.78 is 35.5. The van der Waals surface area contributed by atoms with Crippen LogP contribution in [0.1, 0.15) is 19.8 Å². The number of halogens is 4. The van der Waals surface area contributed by atoms with Crippen molar-refractivity contribution >= 4 is 18.3 Å². The zero-order chi connectivity index (χ0) is 11.5. The Hall–Kier alpha value is -0.490. The Bertz CT molecular complexity index is 235. The first-order chi connectivity index (χ1) is 6.90. The van der Waals surface area contributed by atoms with E-state index in [4.69, 9.17) is 0 Å². The summed E-state index contributed by atoms with van der Waals surface area (Å²) >= 11 is 0. The number of carbonyl (C=O) groups excluding carboxylic acids is 1. The molecule has 2 N–H and O–H groups in total. The predicted octanol–water partition coefficient (Wildman–Crippen LogP) is 1.47. The van der Waals surface area contributed by atoms with E-state index in [1.54, 1.807) is 0 Å². The predicted molar refractivity (Wildman–Crippen MR) is 56.5 cm³/mol. The van der Waals surface area contributed by atoms with Crippen molar-refractivity contribution in [3.63, 3.8) is 0 Å². The third-order valence-corrected chi connectivity index (χ3v) is 2.56. The van der Waals surface area contributed by atoms with Crippen LogP contribution in [0.15, 0.2) is 0 Å². The minimum atomic E-state index is -4.33. The normalized spacial score (nSPS) is 25.8. The molecule has 16 heavy (non-hydrogen) atoms. The van der Waals surface area contributed by atoms with Crippen molar-refractivity contribution in [3.05, 3.63) is 0 Å². The lowest BCUT2D eigenvalue weighted by Gasteiger charge is -2.28. The second kappa shape index (κ2) is 6.30. The van der Waals surface area contributed by atoms with Crippen LogP contribution in [0.5, 0.6) is 0 Å². The van der Waals surface area contributed by atoms with E-state index < -0.39 is 18.6 Å². The molecule has 1 rings (SSSR count). The maximum absolute atomic E-state index is 11.8. The summed E-state index contributed by atoms with van der Waals surface area (Å²) in [6.07, 6.45) is -2.85. The topological polar surface area (TPSA) is 41.1 Å². The monoisotopic (exact) mass is 260 g/mol. The van der Waals surface area contributed by atoms with Gasteiger partial charge in [0.1, 0.15) is 6.54 Å². The van der Waals surface area contributed by atoms with Crippen molar-refractivity contribution in [1.29, 1.82) is 0 Å². The van der Waals surface area contributed by atoms with Crippen molar-refractivity contribution < 1.29 is 18.0 Å². The van der Waals surface area contributed by atoms with E-state index in [9.17, 15) is 18.0 Å². The van der Waals surface area contributed by atoms with Crippen molar-refractivity contribution in [2.75, 3.05) is 13.1 Å². The largest absolute Gasteiger partial charge is 0.405 e. The second-order valence-electron chi connectivity index (χ2n) is 3.82. The summed E-state index contributed by atoms with van der Waals surface area (Å²) in [6, 6.07) is -0.0491. The molecule has 0 aromatic carbocycles. The summed E-state index contributed by atoms with van der Waals surface area (Å²) in [6.45, 7) is 1.40. The lowest BCUT2D eigenvalue weighted by Crippen LogP contribution is -2.48. The van der Waals surface area contributed by atoms with Crippen LogP contribution in [0.4, 0.5) is 13.2 Å². The zero-order valence-electron chi connectivity index (χ0n) is 8.93. The van der Waals surface area contributed by atoms with E-state index in [1.165, 1.54) is 0 Å². The molecule has 0 spiro atoms. The molecule has 1 saturated heterocycles. The van der Waals surface area contributed by atoms with Gasteiger partial charge in [0.2, 0.25) is 5.91 Å². The molecule has 0 aromatic rings. The van der Waals surface area contributed by atoms with Crippen LogP contribution in [0.3, 0.4) is 0 Å². The minimum absolute atomic E-state index is 0. The van der Waals surface area contributed by atoms with E-state index in [0.717, 1.165) is 13.0 Å². The van der Waals surface area contributed by atoms with Crippen LogP contribution < -0.4 is 10.6 Å². The summed E-state index contributed by atoms with van der Waals surface area (Å²) in [7, 11) is 0. The van der Waals surface area contributed by atoms with Gasteiger partial charge in [0.15, 0.2) is 0 Å². The fourth-order valence-electron chi connectivity index (χ4n) is 1.72.